The van der Waals surface area contributed by atoms with E-state index in [0.717, 1.165) is 25.9 Å². The fourth-order valence-corrected chi connectivity index (χ4v) is 7.66. The molecule has 1 atom stereocenters. The van der Waals surface area contributed by atoms with Crippen LogP contribution in [0.2, 0.25) is 0 Å². The topological polar surface area (TPSA) is 131 Å². The summed E-state index contributed by atoms with van der Waals surface area (Å²) >= 11 is 0. The molecule has 1 saturated heterocycles. The molecule has 1 fully saturated rings. The molecule has 3 heterocycles. The highest BCUT2D eigenvalue weighted by atomic mass is 32.2. The third kappa shape index (κ3) is 6.83. The number of alkyl halides is 1. The lowest BCUT2D eigenvalue weighted by atomic mass is 9.91. The first-order valence-corrected chi connectivity index (χ1v) is 17.2. The Morgan fingerprint density at radius 3 is 2.65 bits per heavy atom. The number of nitrogens with one attached hydrogen (secondary N) is 2. The molecule has 0 radical (unpaired) electrons. The maximum absolute atomic E-state index is 16.0. The Kier molecular flexibility index (Phi) is 9.61. The lowest BCUT2D eigenvalue weighted by Crippen LogP contribution is -2.41. The van der Waals surface area contributed by atoms with Crippen LogP contribution >= 0.6 is 0 Å². The smallest absolute Gasteiger partial charge is 0.240 e. The zero-order valence-electron chi connectivity index (χ0n) is 27.0. The molecule has 0 bridgehead atoms. The molecule has 2 aromatic heterocycles. The van der Waals surface area contributed by atoms with Gasteiger partial charge in [-0.3, -0.25) is 9.48 Å². The molecular formula is C34H38F2N6O5S. The van der Waals surface area contributed by atoms with E-state index >= 15 is 4.39 Å². The van der Waals surface area contributed by atoms with E-state index in [9.17, 15) is 17.6 Å². The molecule has 2 aromatic carbocycles. The number of halogens is 2. The molecule has 2 N–H and O–H groups in total. The van der Waals surface area contributed by atoms with Gasteiger partial charge in [0.25, 0.3) is 0 Å². The van der Waals surface area contributed by atoms with Gasteiger partial charge in [-0.1, -0.05) is 29.5 Å². The monoisotopic (exact) mass is 680 g/mol. The van der Waals surface area contributed by atoms with Crippen molar-refractivity contribution < 1.29 is 31.5 Å². The molecule has 254 valence electrons. The normalized spacial score (nSPS) is 19.4. The zero-order valence-corrected chi connectivity index (χ0v) is 27.8. The SMILES string of the molecule is COc1ccccc1C1=CC=C(S(=O)(=O)NCCN2CCC(Cn3cc(-c4c(C(C)=O)[nH]c5ccc(F)cc45)nn3)CC2)CC1(F)OC. The molecule has 11 nitrogen and oxygen atoms in total. The first kappa shape index (κ1) is 33.7. The Bertz CT molecular complexity index is 2000. The second-order valence-corrected chi connectivity index (χ2v) is 14.0. The third-order valence-corrected chi connectivity index (χ3v) is 10.6. The highest BCUT2D eigenvalue weighted by Crippen LogP contribution is 2.43. The molecule has 14 heteroatoms. The van der Waals surface area contributed by atoms with Crippen LogP contribution in [0.15, 0.2) is 65.7 Å². The minimum absolute atomic E-state index is 0.0930. The van der Waals surface area contributed by atoms with Crippen LogP contribution in [0.4, 0.5) is 8.78 Å². The fourth-order valence-electron chi connectivity index (χ4n) is 6.49. The van der Waals surface area contributed by atoms with E-state index in [1.165, 1.54) is 45.4 Å². The Morgan fingerprint density at radius 2 is 1.92 bits per heavy atom. The zero-order chi connectivity index (χ0) is 34.1. The van der Waals surface area contributed by atoms with Crippen LogP contribution in [0.25, 0.3) is 27.7 Å². The summed E-state index contributed by atoms with van der Waals surface area (Å²) in [6.07, 6.45) is 5.92. The molecule has 1 aliphatic carbocycles. The number of ketones is 1. The van der Waals surface area contributed by atoms with Crippen molar-refractivity contribution in [3.8, 4) is 17.0 Å². The van der Waals surface area contributed by atoms with Crippen molar-refractivity contribution >= 4 is 32.3 Å². The van der Waals surface area contributed by atoms with E-state index in [1.807, 2.05) is 0 Å². The van der Waals surface area contributed by atoms with E-state index in [0.29, 0.717) is 58.2 Å². The number of piperidine rings is 1. The van der Waals surface area contributed by atoms with Gasteiger partial charge in [0.2, 0.25) is 15.9 Å². The first-order chi connectivity index (χ1) is 23.0. The second kappa shape index (κ2) is 13.7. The van der Waals surface area contributed by atoms with Crippen LogP contribution < -0.4 is 9.46 Å². The number of para-hydroxylation sites is 1. The maximum atomic E-state index is 16.0. The maximum Gasteiger partial charge on any atom is 0.240 e. The van der Waals surface area contributed by atoms with Crippen molar-refractivity contribution in [2.45, 2.75) is 38.6 Å². The summed E-state index contributed by atoms with van der Waals surface area (Å²) in [4.78, 5) is 17.5. The minimum Gasteiger partial charge on any atom is -0.496 e. The number of benzene rings is 2. The van der Waals surface area contributed by atoms with Crippen molar-refractivity contribution in [2.24, 2.45) is 5.92 Å². The van der Waals surface area contributed by atoms with E-state index in [-0.39, 0.29) is 22.8 Å². The number of ether oxygens (including phenoxy) is 2. The average Bonchev–Trinajstić information content (AvgIpc) is 3.69. The molecule has 0 saturated carbocycles. The predicted molar refractivity (Wildman–Crippen MR) is 178 cm³/mol. The number of methoxy groups -OCH3 is 2. The average molecular weight is 681 g/mol. The van der Waals surface area contributed by atoms with E-state index < -0.39 is 28.1 Å². The Labute approximate surface area is 277 Å². The number of Topliss-reactive ketones (excluding diaryl/α,β-unsaturated/α-hetero) is 1. The van der Waals surface area contributed by atoms with Gasteiger partial charge in [0, 0.05) is 67.7 Å². The molecular weight excluding hydrogens is 642 g/mol. The van der Waals surface area contributed by atoms with Crippen LogP contribution in [-0.4, -0.2) is 85.3 Å². The summed E-state index contributed by atoms with van der Waals surface area (Å²) < 4.78 is 71.3. The molecule has 2 aliphatic rings. The van der Waals surface area contributed by atoms with E-state index in [2.05, 4.69) is 24.9 Å². The number of aromatic amines is 1. The van der Waals surface area contributed by atoms with Crippen LogP contribution in [0.3, 0.4) is 0 Å². The summed E-state index contributed by atoms with van der Waals surface area (Å²) in [5.41, 5.74) is 2.74. The van der Waals surface area contributed by atoms with Gasteiger partial charge in [0.05, 0.1) is 23.9 Å². The molecule has 48 heavy (non-hydrogen) atoms. The number of carbonyl (C=O) groups excluding carboxylic acids is 1. The molecule has 1 aliphatic heterocycles. The largest absolute Gasteiger partial charge is 0.496 e. The molecule has 4 aromatic rings. The predicted octanol–water partition coefficient (Wildman–Crippen LogP) is 5.09. The number of hydrogen-bond donors (Lipinski definition) is 2. The Balaban J connectivity index is 1.03. The van der Waals surface area contributed by atoms with Gasteiger partial charge in [-0.25, -0.2) is 21.9 Å². The number of nitrogens with zero attached hydrogens (tertiary/aromatic N) is 4. The van der Waals surface area contributed by atoms with Crippen molar-refractivity contribution in [3.63, 3.8) is 0 Å². The summed E-state index contributed by atoms with van der Waals surface area (Å²) in [6.45, 7) is 4.31. The van der Waals surface area contributed by atoms with Crippen LogP contribution in [-0.2, 0) is 21.3 Å². The molecule has 1 unspecified atom stereocenters. The van der Waals surface area contributed by atoms with Crippen LogP contribution in [0.5, 0.6) is 5.75 Å². The quantitative estimate of drug-likeness (QED) is 0.198. The summed E-state index contributed by atoms with van der Waals surface area (Å²) in [5, 5.41) is 9.17. The van der Waals surface area contributed by atoms with Crippen molar-refractivity contribution in [3.05, 3.63) is 82.8 Å². The number of H-pyrrole nitrogens is 1. The van der Waals surface area contributed by atoms with Gasteiger partial charge in [0.1, 0.15) is 17.3 Å². The van der Waals surface area contributed by atoms with Gasteiger partial charge < -0.3 is 19.4 Å². The number of sulfonamides is 1. The van der Waals surface area contributed by atoms with Crippen molar-refractivity contribution in [2.75, 3.05) is 40.4 Å². The van der Waals surface area contributed by atoms with Gasteiger partial charge in [-0.2, -0.15) is 0 Å². The van der Waals surface area contributed by atoms with Crippen LogP contribution in [0.1, 0.15) is 42.2 Å². The summed E-state index contributed by atoms with van der Waals surface area (Å²) in [6, 6.07) is 11.3. The number of carbonyl (C=O) groups is 1. The van der Waals surface area contributed by atoms with Gasteiger partial charge in [-0.15, -0.1) is 5.10 Å². The Morgan fingerprint density at radius 1 is 1.15 bits per heavy atom. The van der Waals surface area contributed by atoms with Gasteiger partial charge in [0.15, 0.2) is 5.78 Å². The molecule has 6 rings (SSSR count). The standard InChI is InChI=1S/C34H38F2N6O5S/c1-22(43)33-32(27-18-24(35)8-11-29(27)38-33)30-21-42(40-39-30)20-23-12-15-41(16-13-23)17-14-37-48(44,45)25-9-10-28(34(36,19-25)47-3)26-6-4-5-7-31(26)46-2/h4-11,18,21,23,37-38H,12-17,19-20H2,1-3H3. The summed E-state index contributed by atoms with van der Waals surface area (Å²) in [7, 11) is -1.25. The number of allylic oxidation sites excluding steroid dienone is 2. The second-order valence-electron chi connectivity index (χ2n) is 12.2. The number of hydrogen-bond acceptors (Lipinski definition) is 8. The molecule has 0 spiro atoms. The summed E-state index contributed by atoms with van der Waals surface area (Å²) in [5.74, 6) is -2.14. The lowest BCUT2D eigenvalue weighted by molar-refractivity contribution is -0.0681. The molecule has 0 amide bonds. The Hall–Kier alpha value is -4.24. The van der Waals surface area contributed by atoms with E-state index in [4.69, 9.17) is 9.47 Å². The van der Waals surface area contributed by atoms with Crippen molar-refractivity contribution in [1.29, 1.82) is 0 Å². The number of rotatable bonds is 12. The number of likely N-dealkylation sites (tertiary alicyclic amines) is 1. The third-order valence-electron chi connectivity index (χ3n) is 9.09. The minimum atomic E-state index is -3.95. The van der Waals surface area contributed by atoms with Crippen molar-refractivity contribution in [1.82, 2.24) is 29.6 Å². The number of fused-ring (bicyclic) bond motifs is 1. The van der Waals surface area contributed by atoms with E-state index in [1.54, 1.807) is 41.2 Å². The number of aromatic nitrogens is 4. The first-order valence-electron chi connectivity index (χ1n) is 15.7. The lowest BCUT2D eigenvalue weighted by Gasteiger charge is -2.32. The highest BCUT2D eigenvalue weighted by molar-refractivity contribution is 7.93. The highest BCUT2D eigenvalue weighted by Gasteiger charge is 2.42. The fraction of sp³-hybridized carbons (Fsp3) is 0.382. The van der Waals surface area contributed by atoms with Crippen LogP contribution in [0, 0.1) is 11.7 Å². The van der Waals surface area contributed by atoms with Gasteiger partial charge >= 0.3 is 0 Å². The van der Waals surface area contributed by atoms with Gasteiger partial charge in [-0.05, 0) is 62.2 Å².